The first-order valence-corrected chi connectivity index (χ1v) is 4.60. The van der Waals surface area contributed by atoms with Crippen LogP contribution in [0.5, 0.6) is 0 Å². The van der Waals surface area contributed by atoms with Crippen LogP contribution >= 0.6 is 0 Å². The van der Waals surface area contributed by atoms with Gasteiger partial charge in [-0.15, -0.1) is 0 Å². The lowest BCUT2D eigenvalue weighted by Gasteiger charge is -2.15. The van der Waals surface area contributed by atoms with Crippen molar-refractivity contribution in [1.82, 2.24) is 10.4 Å². The van der Waals surface area contributed by atoms with Gasteiger partial charge in [0, 0.05) is 19.5 Å². The molecule has 1 aromatic carbocycles. The standard InChI is InChI=1S/C11H11N3O2/c1-8(15)14(2)13-11(16)10-5-3-9(7-12)4-6-10/h3-6H,1-2H3,(H,13,16). The van der Waals surface area contributed by atoms with Gasteiger partial charge < -0.3 is 0 Å². The summed E-state index contributed by atoms with van der Waals surface area (Å²) in [5.74, 6) is -0.649. The van der Waals surface area contributed by atoms with Crippen LogP contribution in [0.4, 0.5) is 0 Å². The first-order chi connectivity index (χ1) is 7.54. The van der Waals surface area contributed by atoms with Gasteiger partial charge in [-0.1, -0.05) is 0 Å². The predicted molar refractivity (Wildman–Crippen MR) is 57.1 cm³/mol. The molecule has 5 nitrogen and oxygen atoms in total. The van der Waals surface area contributed by atoms with E-state index in [1.54, 1.807) is 12.1 Å². The summed E-state index contributed by atoms with van der Waals surface area (Å²) < 4.78 is 0. The Balaban J connectivity index is 2.74. The fourth-order valence-electron chi connectivity index (χ4n) is 0.992. The molecule has 0 aliphatic heterocycles. The topological polar surface area (TPSA) is 73.2 Å². The maximum Gasteiger partial charge on any atom is 0.269 e. The number of nitrogens with zero attached hydrogens (tertiary/aromatic N) is 2. The number of carbonyl (C=O) groups excluding carboxylic acids is 2. The van der Waals surface area contributed by atoms with Crippen LogP contribution in [0.3, 0.4) is 0 Å². The normalized spacial score (nSPS) is 9.06. The number of hydrogen-bond acceptors (Lipinski definition) is 3. The first-order valence-electron chi connectivity index (χ1n) is 4.60. The average Bonchev–Trinajstić information content (AvgIpc) is 2.28. The molecule has 0 unspecified atom stereocenters. The van der Waals surface area contributed by atoms with Gasteiger partial charge in [0.2, 0.25) is 5.91 Å². The minimum atomic E-state index is -0.387. The van der Waals surface area contributed by atoms with E-state index in [0.29, 0.717) is 11.1 Å². The van der Waals surface area contributed by atoms with Crippen LogP contribution in [0.25, 0.3) is 0 Å². The zero-order valence-electron chi connectivity index (χ0n) is 9.02. The Morgan fingerprint density at radius 2 is 1.88 bits per heavy atom. The number of carbonyl (C=O) groups is 2. The average molecular weight is 217 g/mol. The molecule has 0 aliphatic rings. The van der Waals surface area contributed by atoms with Crippen LogP contribution < -0.4 is 5.43 Å². The second-order valence-electron chi connectivity index (χ2n) is 3.21. The quantitative estimate of drug-likeness (QED) is 0.703. The molecule has 0 fully saturated rings. The SMILES string of the molecule is CC(=O)N(C)NC(=O)c1ccc(C#N)cc1. The van der Waals surface area contributed by atoms with E-state index in [-0.39, 0.29) is 11.8 Å². The zero-order chi connectivity index (χ0) is 12.1. The monoisotopic (exact) mass is 217 g/mol. The minimum absolute atomic E-state index is 0.262. The molecular weight excluding hydrogens is 206 g/mol. The van der Waals surface area contributed by atoms with E-state index in [0.717, 1.165) is 5.01 Å². The summed E-state index contributed by atoms with van der Waals surface area (Å²) in [5.41, 5.74) is 3.27. The molecule has 1 aromatic rings. The zero-order valence-corrected chi connectivity index (χ0v) is 9.02. The number of hydrazine groups is 1. The molecule has 0 heterocycles. The number of hydrogen-bond donors (Lipinski definition) is 1. The molecule has 5 heteroatoms. The Morgan fingerprint density at radius 3 is 2.31 bits per heavy atom. The van der Waals surface area contributed by atoms with E-state index in [2.05, 4.69) is 5.43 Å². The Kier molecular flexibility index (Phi) is 3.62. The third-order valence-electron chi connectivity index (χ3n) is 2.02. The van der Waals surface area contributed by atoms with E-state index in [1.807, 2.05) is 6.07 Å². The lowest BCUT2D eigenvalue weighted by molar-refractivity contribution is -0.129. The third-order valence-corrected chi connectivity index (χ3v) is 2.02. The van der Waals surface area contributed by atoms with Crippen LogP contribution in [0, 0.1) is 11.3 Å². The molecule has 0 aromatic heterocycles. The highest BCUT2D eigenvalue weighted by Gasteiger charge is 2.09. The Hall–Kier alpha value is -2.35. The fourth-order valence-corrected chi connectivity index (χ4v) is 0.992. The van der Waals surface area contributed by atoms with Crippen LogP contribution in [-0.2, 0) is 4.79 Å². The van der Waals surface area contributed by atoms with Gasteiger partial charge in [-0.2, -0.15) is 5.26 Å². The molecule has 2 amide bonds. The Labute approximate surface area is 93.3 Å². The summed E-state index contributed by atoms with van der Waals surface area (Å²) in [6, 6.07) is 8.10. The Bertz CT molecular complexity index is 445. The molecular formula is C11H11N3O2. The number of rotatable bonds is 1. The minimum Gasteiger partial charge on any atom is -0.273 e. The molecule has 16 heavy (non-hydrogen) atoms. The van der Waals surface area contributed by atoms with Crippen molar-refractivity contribution in [3.63, 3.8) is 0 Å². The van der Waals surface area contributed by atoms with Crippen LogP contribution in [-0.4, -0.2) is 23.9 Å². The van der Waals surface area contributed by atoms with Gasteiger partial charge in [0.1, 0.15) is 0 Å². The van der Waals surface area contributed by atoms with E-state index in [9.17, 15) is 9.59 Å². The van der Waals surface area contributed by atoms with Crippen LogP contribution in [0.1, 0.15) is 22.8 Å². The van der Waals surface area contributed by atoms with Crippen molar-refractivity contribution in [2.24, 2.45) is 0 Å². The predicted octanol–water partition coefficient (Wildman–Crippen LogP) is 0.681. The molecule has 0 saturated heterocycles. The van der Waals surface area contributed by atoms with Crippen molar-refractivity contribution >= 4 is 11.8 Å². The van der Waals surface area contributed by atoms with Gasteiger partial charge >= 0.3 is 0 Å². The van der Waals surface area contributed by atoms with Crippen molar-refractivity contribution < 1.29 is 9.59 Å². The maximum atomic E-state index is 11.6. The molecule has 1 N–H and O–H groups in total. The first kappa shape index (κ1) is 11.7. The molecule has 0 atom stereocenters. The summed E-state index contributed by atoms with van der Waals surface area (Å²) in [6.45, 7) is 1.35. The highest BCUT2D eigenvalue weighted by molar-refractivity contribution is 5.95. The van der Waals surface area contributed by atoms with Gasteiger partial charge in [0.05, 0.1) is 11.6 Å². The second kappa shape index (κ2) is 4.94. The summed E-state index contributed by atoms with van der Waals surface area (Å²) in [6.07, 6.45) is 0. The van der Waals surface area contributed by atoms with Gasteiger partial charge in [0.25, 0.3) is 5.91 Å². The highest BCUT2D eigenvalue weighted by Crippen LogP contribution is 2.03. The summed E-state index contributed by atoms with van der Waals surface area (Å²) in [4.78, 5) is 22.5. The van der Waals surface area contributed by atoms with Crippen molar-refractivity contribution in [1.29, 1.82) is 5.26 Å². The van der Waals surface area contributed by atoms with Crippen molar-refractivity contribution in [2.75, 3.05) is 7.05 Å². The summed E-state index contributed by atoms with van der Waals surface area (Å²) >= 11 is 0. The van der Waals surface area contributed by atoms with Crippen LogP contribution in [0.15, 0.2) is 24.3 Å². The van der Waals surface area contributed by atoms with E-state index in [1.165, 1.54) is 26.1 Å². The number of nitrogens with one attached hydrogen (secondary N) is 1. The molecule has 0 saturated carbocycles. The molecule has 0 radical (unpaired) electrons. The smallest absolute Gasteiger partial charge is 0.269 e. The summed E-state index contributed by atoms with van der Waals surface area (Å²) in [5, 5.41) is 9.68. The number of benzene rings is 1. The van der Waals surface area contributed by atoms with Crippen LogP contribution in [0.2, 0.25) is 0 Å². The third kappa shape index (κ3) is 2.82. The molecule has 0 spiro atoms. The summed E-state index contributed by atoms with van der Waals surface area (Å²) in [7, 11) is 1.46. The van der Waals surface area contributed by atoms with E-state index in [4.69, 9.17) is 5.26 Å². The van der Waals surface area contributed by atoms with Crippen molar-refractivity contribution in [2.45, 2.75) is 6.92 Å². The van der Waals surface area contributed by atoms with Gasteiger partial charge in [-0.25, -0.2) is 0 Å². The van der Waals surface area contributed by atoms with E-state index < -0.39 is 0 Å². The molecule has 0 bridgehead atoms. The van der Waals surface area contributed by atoms with Crippen molar-refractivity contribution in [3.05, 3.63) is 35.4 Å². The lowest BCUT2D eigenvalue weighted by Crippen LogP contribution is -2.42. The van der Waals surface area contributed by atoms with Gasteiger partial charge in [-0.3, -0.25) is 20.0 Å². The van der Waals surface area contributed by atoms with E-state index >= 15 is 0 Å². The molecule has 1 rings (SSSR count). The number of amides is 2. The Morgan fingerprint density at radius 1 is 1.31 bits per heavy atom. The van der Waals surface area contributed by atoms with Gasteiger partial charge in [0.15, 0.2) is 0 Å². The van der Waals surface area contributed by atoms with Crippen molar-refractivity contribution in [3.8, 4) is 6.07 Å². The molecule has 82 valence electrons. The lowest BCUT2D eigenvalue weighted by atomic mass is 10.1. The highest BCUT2D eigenvalue weighted by atomic mass is 16.2. The second-order valence-corrected chi connectivity index (χ2v) is 3.21. The largest absolute Gasteiger partial charge is 0.273 e. The maximum absolute atomic E-state index is 11.6. The molecule has 0 aliphatic carbocycles. The number of nitriles is 1. The fraction of sp³-hybridized carbons (Fsp3) is 0.182. The van der Waals surface area contributed by atoms with Gasteiger partial charge in [-0.05, 0) is 24.3 Å².